The van der Waals surface area contributed by atoms with Crippen molar-refractivity contribution < 1.29 is 5.11 Å². The minimum Gasteiger partial charge on any atom is -0.395 e. The molecule has 0 spiro atoms. The van der Waals surface area contributed by atoms with Crippen molar-refractivity contribution >= 4 is 0 Å². The highest BCUT2D eigenvalue weighted by Gasteiger charge is 2.09. The molecule has 2 rings (SSSR count). The van der Waals surface area contributed by atoms with E-state index in [2.05, 4.69) is 54.7 Å². The minimum absolute atomic E-state index is 0.135. The van der Waals surface area contributed by atoms with E-state index in [1.165, 1.54) is 11.1 Å². The van der Waals surface area contributed by atoms with Crippen molar-refractivity contribution in [2.75, 3.05) is 13.2 Å². The summed E-state index contributed by atoms with van der Waals surface area (Å²) in [5.74, 6) is 0.537. The van der Waals surface area contributed by atoms with Crippen LogP contribution in [-0.4, -0.2) is 24.3 Å². The molecule has 1 unspecified atom stereocenters. The molecule has 2 aromatic carbocycles. The lowest BCUT2D eigenvalue weighted by Crippen LogP contribution is -2.35. The molecular weight excluding hydrogens is 258 g/mol. The highest BCUT2D eigenvalue weighted by Crippen LogP contribution is 2.17. The maximum Gasteiger partial charge on any atom is 0.0587 e. The second kappa shape index (κ2) is 8.60. The largest absolute Gasteiger partial charge is 0.395 e. The number of aliphatic hydroxyl groups excluding tert-OH is 1. The van der Waals surface area contributed by atoms with Crippen LogP contribution in [0.1, 0.15) is 30.4 Å². The number of nitrogens with one attached hydrogen (secondary N) is 1. The third-order valence-electron chi connectivity index (χ3n) is 3.92. The Bertz CT molecular complexity index is 497. The van der Waals surface area contributed by atoms with Gasteiger partial charge >= 0.3 is 0 Å². The first kappa shape index (κ1) is 15.7. The van der Waals surface area contributed by atoms with Gasteiger partial charge in [-0.15, -0.1) is 0 Å². The lowest BCUT2D eigenvalue weighted by molar-refractivity contribution is 0.241. The summed E-state index contributed by atoms with van der Waals surface area (Å²) < 4.78 is 0. The molecule has 0 saturated carbocycles. The summed E-state index contributed by atoms with van der Waals surface area (Å²) in [6.07, 6.45) is 1.95. The van der Waals surface area contributed by atoms with Crippen molar-refractivity contribution in [3.63, 3.8) is 0 Å². The number of hydrogen-bond donors (Lipinski definition) is 2. The second-order valence-electron chi connectivity index (χ2n) is 5.62. The molecule has 0 fully saturated rings. The lowest BCUT2D eigenvalue weighted by Gasteiger charge is -2.18. The molecule has 0 aliphatic carbocycles. The van der Waals surface area contributed by atoms with Crippen molar-refractivity contribution in [3.8, 4) is 0 Å². The molecule has 0 radical (unpaired) electrons. The molecule has 2 nitrogen and oxygen atoms in total. The Labute approximate surface area is 127 Å². The van der Waals surface area contributed by atoms with Gasteiger partial charge in [0.2, 0.25) is 0 Å². The SMILES string of the molecule is CC(CCN[C@H](CO)Cc1ccccc1)c1ccccc1. The van der Waals surface area contributed by atoms with Crippen molar-refractivity contribution in [2.24, 2.45) is 0 Å². The fraction of sp³-hybridized carbons (Fsp3) is 0.368. The summed E-state index contributed by atoms with van der Waals surface area (Å²) in [5.41, 5.74) is 2.64. The van der Waals surface area contributed by atoms with Gasteiger partial charge in [0.1, 0.15) is 0 Å². The Morgan fingerprint density at radius 1 is 0.952 bits per heavy atom. The van der Waals surface area contributed by atoms with E-state index in [0.29, 0.717) is 5.92 Å². The van der Waals surface area contributed by atoms with Crippen LogP contribution in [0.5, 0.6) is 0 Å². The van der Waals surface area contributed by atoms with Gasteiger partial charge in [-0.25, -0.2) is 0 Å². The van der Waals surface area contributed by atoms with Crippen LogP contribution in [0.3, 0.4) is 0 Å². The summed E-state index contributed by atoms with van der Waals surface area (Å²) in [4.78, 5) is 0. The van der Waals surface area contributed by atoms with Gasteiger partial charge in [-0.05, 0) is 36.4 Å². The standard InChI is InChI=1S/C19H25NO/c1-16(18-10-6-3-7-11-18)12-13-20-19(15-21)14-17-8-4-2-5-9-17/h2-11,16,19-21H,12-15H2,1H3/t16?,19-/m0/s1. The van der Waals surface area contributed by atoms with E-state index in [9.17, 15) is 5.11 Å². The van der Waals surface area contributed by atoms with Gasteiger partial charge < -0.3 is 10.4 Å². The van der Waals surface area contributed by atoms with Gasteiger partial charge in [-0.3, -0.25) is 0 Å². The third-order valence-corrected chi connectivity index (χ3v) is 3.92. The average Bonchev–Trinajstić information content (AvgIpc) is 2.55. The molecular formula is C19H25NO. The molecule has 0 aromatic heterocycles. The van der Waals surface area contributed by atoms with Crippen LogP contribution >= 0.6 is 0 Å². The van der Waals surface area contributed by atoms with Crippen molar-refractivity contribution in [3.05, 3.63) is 71.8 Å². The summed E-state index contributed by atoms with van der Waals surface area (Å²) in [5, 5.41) is 13.0. The molecule has 0 bridgehead atoms. The lowest BCUT2D eigenvalue weighted by atomic mass is 9.97. The smallest absolute Gasteiger partial charge is 0.0587 e. The van der Waals surface area contributed by atoms with E-state index in [4.69, 9.17) is 0 Å². The monoisotopic (exact) mass is 283 g/mol. The number of rotatable bonds is 8. The first-order valence-electron chi connectivity index (χ1n) is 7.72. The predicted molar refractivity (Wildman–Crippen MR) is 88.5 cm³/mol. The molecule has 112 valence electrons. The van der Waals surface area contributed by atoms with Crippen LogP contribution < -0.4 is 5.32 Å². The Hall–Kier alpha value is -1.64. The predicted octanol–water partition coefficient (Wildman–Crippen LogP) is 3.37. The van der Waals surface area contributed by atoms with E-state index in [0.717, 1.165) is 19.4 Å². The number of aliphatic hydroxyl groups is 1. The Kier molecular flexibility index (Phi) is 6.45. The van der Waals surface area contributed by atoms with E-state index in [1.54, 1.807) is 0 Å². The molecule has 0 aliphatic rings. The van der Waals surface area contributed by atoms with E-state index < -0.39 is 0 Å². The molecule has 2 N–H and O–H groups in total. The van der Waals surface area contributed by atoms with Crippen LogP contribution in [0, 0.1) is 0 Å². The van der Waals surface area contributed by atoms with E-state index >= 15 is 0 Å². The quantitative estimate of drug-likeness (QED) is 0.778. The second-order valence-corrected chi connectivity index (χ2v) is 5.62. The maximum absolute atomic E-state index is 9.51. The molecule has 2 atom stereocenters. The molecule has 2 heteroatoms. The molecule has 0 amide bonds. The Morgan fingerprint density at radius 2 is 1.57 bits per heavy atom. The Balaban J connectivity index is 1.76. The molecule has 2 aromatic rings. The summed E-state index contributed by atoms with van der Waals surface area (Å²) in [7, 11) is 0. The van der Waals surface area contributed by atoms with Crippen LogP contribution in [0.2, 0.25) is 0 Å². The fourth-order valence-corrected chi connectivity index (χ4v) is 2.55. The third kappa shape index (κ3) is 5.33. The molecule has 0 aliphatic heterocycles. The highest BCUT2D eigenvalue weighted by atomic mass is 16.3. The van der Waals surface area contributed by atoms with Gasteiger partial charge in [-0.1, -0.05) is 67.6 Å². The molecule has 21 heavy (non-hydrogen) atoms. The molecule has 0 heterocycles. The van der Waals surface area contributed by atoms with Gasteiger partial charge in [0.05, 0.1) is 6.61 Å². The topological polar surface area (TPSA) is 32.3 Å². The zero-order chi connectivity index (χ0) is 14.9. The van der Waals surface area contributed by atoms with Crippen molar-refractivity contribution in [2.45, 2.75) is 31.7 Å². The summed E-state index contributed by atoms with van der Waals surface area (Å²) in [6.45, 7) is 3.35. The van der Waals surface area contributed by atoms with E-state index in [1.807, 2.05) is 18.2 Å². The fourth-order valence-electron chi connectivity index (χ4n) is 2.55. The van der Waals surface area contributed by atoms with Gasteiger partial charge in [0.25, 0.3) is 0 Å². The van der Waals surface area contributed by atoms with Crippen molar-refractivity contribution in [1.29, 1.82) is 0 Å². The van der Waals surface area contributed by atoms with Crippen molar-refractivity contribution in [1.82, 2.24) is 5.32 Å². The zero-order valence-electron chi connectivity index (χ0n) is 12.7. The normalized spacial score (nSPS) is 13.8. The van der Waals surface area contributed by atoms with Crippen LogP contribution in [0.25, 0.3) is 0 Å². The zero-order valence-corrected chi connectivity index (χ0v) is 12.7. The van der Waals surface area contributed by atoms with Crippen LogP contribution in [0.4, 0.5) is 0 Å². The van der Waals surface area contributed by atoms with Gasteiger partial charge in [-0.2, -0.15) is 0 Å². The highest BCUT2D eigenvalue weighted by molar-refractivity contribution is 5.18. The Morgan fingerprint density at radius 3 is 2.19 bits per heavy atom. The minimum atomic E-state index is 0.135. The van der Waals surface area contributed by atoms with Crippen LogP contribution in [0.15, 0.2) is 60.7 Å². The average molecular weight is 283 g/mol. The van der Waals surface area contributed by atoms with Crippen LogP contribution in [-0.2, 0) is 6.42 Å². The first-order valence-corrected chi connectivity index (χ1v) is 7.72. The number of hydrogen-bond acceptors (Lipinski definition) is 2. The van der Waals surface area contributed by atoms with E-state index in [-0.39, 0.29) is 12.6 Å². The summed E-state index contributed by atoms with van der Waals surface area (Å²) in [6, 6.07) is 21.0. The van der Waals surface area contributed by atoms with Gasteiger partial charge in [0.15, 0.2) is 0 Å². The number of benzene rings is 2. The maximum atomic E-state index is 9.51. The summed E-state index contributed by atoms with van der Waals surface area (Å²) >= 11 is 0. The molecule has 0 saturated heterocycles. The van der Waals surface area contributed by atoms with Gasteiger partial charge in [0, 0.05) is 6.04 Å². The first-order chi connectivity index (χ1) is 10.3.